The molecule has 0 saturated carbocycles. The normalized spacial score (nSPS) is 14.3. The number of carbonyl (C=O) groups excluding carboxylic acids is 2. The number of hydrogen-bond acceptors (Lipinski definition) is 3. The van der Waals surface area contributed by atoms with Crippen LogP contribution >= 0.6 is 0 Å². The van der Waals surface area contributed by atoms with Crippen LogP contribution in [0.15, 0.2) is 34.7 Å². The van der Waals surface area contributed by atoms with Crippen LogP contribution in [0.3, 0.4) is 0 Å². The molecular formula is C16H15NO3. The molecule has 1 aliphatic rings. The summed E-state index contributed by atoms with van der Waals surface area (Å²) < 4.78 is 5.42. The number of benzene rings is 1. The maximum absolute atomic E-state index is 12.7. The van der Waals surface area contributed by atoms with Gasteiger partial charge in [0.1, 0.15) is 11.5 Å². The minimum absolute atomic E-state index is 0.0877. The van der Waals surface area contributed by atoms with Crippen molar-refractivity contribution in [3.8, 4) is 0 Å². The fourth-order valence-corrected chi connectivity index (χ4v) is 2.61. The van der Waals surface area contributed by atoms with Crippen LogP contribution in [0.1, 0.15) is 38.7 Å². The van der Waals surface area contributed by atoms with E-state index in [1.165, 1.54) is 0 Å². The zero-order chi connectivity index (χ0) is 14.3. The Bertz CT molecular complexity index is 699. The molecule has 1 amide bonds. The van der Waals surface area contributed by atoms with Crippen molar-refractivity contribution >= 4 is 17.4 Å². The molecule has 4 nitrogen and oxygen atoms in total. The van der Waals surface area contributed by atoms with Crippen molar-refractivity contribution in [1.82, 2.24) is 0 Å². The van der Waals surface area contributed by atoms with Gasteiger partial charge in [-0.25, -0.2) is 0 Å². The van der Waals surface area contributed by atoms with Crippen LogP contribution in [-0.4, -0.2) is 18.2 Å². The lowest BCUT2D eigenvalue weighted by atomic mass is 9.99. The second-order valence-corrected chi connectivity index (χ2v) is 4.97. The Morgan fingerprint density at radius 2 is 2.00 bits per heavy atom. The molecule has 20 heavy (non-hydrogen) atoms. The molecule has 0 N–H and O–H groups in total. The summed E-state index contributed by atoms with van der Waals surface area (Å²) in [5.41, 5.74) is 1.86. The van der Waals surface area contributed by atoms with E-state index in [0.717, 1.165) is 0 Å². The number of anilines is 1. The third-order valence-electron chi connectivity index (χ3n) is 3.57. The van der Waals surface area contributed by atoms with Crippen LogP contribution in [-0.2, 0) is 0 Å². The highest BCUT2D eigenvalue weighted by Crippen LogP contribution is 2.29. The Labute approximate surface area is 117 Å². The van der Waals surface area contributed by atoms with E-state index in [1.807, 2.05) is 25.1 Å². The second kappa shape index (κ2) is 4.63. The summed E-state index contributed by atoms with van der Waals surface area (Å²) in [7, 11) is 0. The van der Waals surface area contributed by atoms with Crippen molar-refractivity contribution in [3.05, 3.63) is 53.0 Å². The van der Waals surface area contributed by atoms with Gasteiger partial charge in [0.15, 0.2) is 5.78 Å². The van der Waals surface area contributed by atoms with E-state index in [4.69, 9.17) is 4.42 Å². The maximum Gasteiger partial charge on any atom is 0.261 e. The number of Topliss-reactive ketones (excluding diaryl/α,β-unsaturated/α-hetero) is 1. The molecule has 2 aromatic rings. The number of hydrogen-bond donors (Lipinski definition) is 0. The first kappa shape index (κ1) is 12.7. The first-order valence-corrected chi connectivity index (χ1v) is 6.59. The molecule has 0 atom stereocenters. The number of ketones is 1. The first-order chi connectivity index (χ1) is 9.58. The van der Waals surface area contributed by atoms with E-state index < -0.39 is 0 Å². The molecule has 0 bridgehead atoms. The molecule has 1 aromatic heterocycles. The van der Waals surface area contributed by atoms with Gasteiger partial charge in [0.25, 0.3) is 5.91 Å². The Hall–Kier alpha value is -2.36. The number of carbonyl (C=O) groups is 2. The smallest absolute Gasteiger partial charge is 0.261 e. The van der Waals surface area contributed by atoms with Crippen molar-refractivity contribution in [2.24, 2.45) is 0 Å². The van der Waals surface area contributed by atoms with Crippen molar-refractivity contribution in [2.75, 3.05) is 11.4 Å². The number of furan rings is 1. The van der Waals surface area contributed by atoms with Crippen molar-refractivity contribution in [2.45, 2.75) is 20.3 Å². The van der Waals surface area contributed by atoms with Gasteiger partial charge in [-0.15, -0.1) is 0 Å². The molecule has 0 unspecified atom stereocenters. The van der Waals surface area contributed by atoms with Crippen LogP contribution in [0.25, 0.3) is 0 Å². The maximum atomic E-state index is 12.7. The Balaban J connectivity index is 2.04. The van der Waals surface area contributed by atoms with Gasteiger partial charge in [-0.3, -0.25) is 9.59 Å². The van der Waals surface area contributed by atoms with Crippen LogP contribution in [0.5, 0.6) is 0 Å². The quantitative estimate of drug-likeness (QED) is 0.799. The van der Waals surface area contributed by atoms with E-state index in [0.29, 0.717) is 41.3 Å². The molecule has 2 heterocycles. The lowest BCUT2D eigenvalue weighted by Gasteiger charge is -2.28. The minimum Gasteiger partial charge on any atom is -0.466 e. The van der Waals surface area contributed by atoms with E-state index in [1.54, 1.807) is 24.0 Å². The standard InChI is InChI=1S/C16H15NO3/c1-10-9-13(11(2)20-10)16(19)17-8-7-15(18)12-5-3-4-6-14(12)17/h3-6,9H,7-8H2,1-2H3. The number of aryl methyl sites for hydroxylation is 2. The van der Waals surface area contributed by atoms with Crippen LogP contribution < -0.4 is 4.90 Å². The van der Waals surface area contributed by atoms with Crippen LogP contribution in [0.4, 0.5) is 5.69 Å². The van der Waals surface area contributed by atoms with E-state index in [9.17, 15) is 9.59 Å². The second-order valence-electron chi connectivity index (χ2n) is 4.97. The molecule has 4 heteroatoms. The highest BCUT2D eigenvalue weighted by atomic mass is 16.3. The van der Waals surface area contributed by atoms with Gasteiger partial charge in [-0.1, -0.05) is 12.1 Å². The number of fused-ring (bicyclic) bond motifs is 1. The molecule has 0 saturated heterocycles. The van der Waals surface area contributed by atoms with Gasteiger partial charge in [-0.05, 0) is 32.0 Å². The zero-order valence-corrected chi connectivity index (χ0v) is 11.5. The lowest BCUT2D eigenvalue weighted by Crippen LogP contribution is -2.37. The predicted molar refractivity (Wildman–Crippen MR) is 75.2 cm³/mol. The average molecular weight is 269 g/mol. The van der Waals surface area contributed by atoms with Crippen LogP contribution in [0.2, 0.25) is 0 Å². The summed E-state index contributed by atoms with van der Waals surface area (Å²) in [6.07, 6.45) is 0.360. The Morgan fingerprint density at radius 1 is 1.25 bits per heavy atom. The minimum atomic E-state index is -0.112. The molecule has 0 radical (unpaired) electrons. The largest absolute Gasteiger partial charge is 0.466 e. The van der Waals surface area contributed by atoms with Crippen molar-refractivity contribution in [1.29, 1.82) is 0 Å². The molecule has 1 aliphatic heterocycles. The van der Waals surface area contributed by atoms with Gasteiger partial charge in [0.05, 0.1) is 11.3 Å². The monoisotopic (exact) mass is 269 g/mol. The topological polar surface area (TPSA) is 50.5 Å². The first-order valence-electron chi connectivity index (χ1n) is 6.59. The lowest BCUT2D eigenvalue weighted by molar-refractivity contribution is 0.0954. The Morgan fingerprint density at radius 3 is 2.70 bits per heavy atom. The molecule has 0 spiro atoms. The van der Waals surface area contributed by atoms with Gasteiger partial charge in [0, 0.05) is 18.5 Å². The van der Waals surface area contributed by atoms with Gasteiger partial charge >= 0.3 is 0 Å². The van der Waals surface area contributed by atoms with Gasteiger partial charge in [0.2, 0.25) is 0 Å². The van der Waals surface area contributed by atoms with E-state index >= 15 is 0 Å². The van der Waals surface area contributed by atoms with E-state index in [-0.39, 0.29) is 11.7 Å². The van der Waals surface area contributed by atoms with E-state index in [2.05, 4.69) is 0 Å². The number of rotatable bonds is 1. The number of para-hydroxylation sites is 1. The van der Waals surface area contributed by atoms with Crippen molar-refractivity contribution in [3.63, 3.8) is 0 Å². The fourth-order valence-electron chi connectivity index (χ4n) is 2.61. The zero-order valence-electron chi connectivity index (χ0n) is 11.5. The van der Waals surface area contributed by atoms with Gasteiger partial charge in [-0.2, -0.15) is 0 Å². The summed E-state index contributed by atoms with van der Waals surface area (Å²) in [6.45, 7) is 4.01. The third-order valence-corrected chi connectivity index (χ3v) is 3.57. The summed E-state index contributed by atoms with van der Waals surface area (Å²) in [4.78, 5) is 26.2. The molecule has 1 aromatic carbocycles. The highest BCUT2D eigenvalue weighted by Gasteiger charge is 2.29. The predicted octanol–water partition coefficient (Wildman–Crippen LogP) is 3.13. The summed E-state index contributed by atoms with van der Waals surface area (Å²) in [5.74, 6) is 1.30. The molecule has 0 aliphatic carbocycles. The fraction of sp³-hybridized carbons (Fsp3) is 0.250. The number of amides is 1. The molecular weight excluding hydrogens is 254 g/mol. The SMILES string of the molecule is Cc1cc(C(=O)N2CCC(=O)c3ccccc32)c(C)o1. The molecule has 102 valence electrons. The third kappa shape index (κ3) is 1.93. The Kier molecular flexibility index (Phi) is 2.93. The summed E-state index contributed by atoms with van der Waals surface area (Å²) >= 11 is 0. The number of nitrogens with zero attached hydrogens (tertiary/aromatic N) is 1. The summed E-state index contributed by atoms with van der Waals surface area (Å²) in [6, 6.07) is 8.98. The molecule has 3 rings (SSSR count). The average Bonchev–Trinajstić information content (AvgIpc) is 2.78. The highest BCUT2D eigenvalue weighted by molar-refractivity contribution is 6.13. The summed E-state index contributed by atoms with van der Waals surface area (Å²) in [5, 5.41) is 0. The van der Waals surface area contributed by atoms with Gasteiger partial charge < -0.3 is 9.32 Å². The molecule has 0 fully saturated rings. The van der Waals surface area contributed by atoms with Crippen LogP contribution in [0, 0.1) is 13.8 Å². The van der Waals surface area contributed by atoms with Crippen molar-refractivity contribution < 1.29 is 14.0 Å².